The normalized spacial score (nSPS) is 10.7. The topological polar surface area (TPSA) is 0 Å². The summed E-state index contributed by atoms with van der Waals surface area (Å²) in [7, 11) is -0.696. The van der Waals surface area contributed by atoms with Crippen LogP contribution in [0.5, 0.6) is 0 Å². The summed E-state index contributed by atoms with van der Waals surface area (Å²) in [5, 5.41) is 5.89. The van der Waals surface area contributed by atoms with Gasteiger partial charge < -0.3 is 0 Å². The average Bonchev–Trinajstić information content (AvgIpc) is 2.85. The van der Waals surface area contributed by atoms with Crippen LogP contribution in [0.4, 0.5) is 0 Å². The van der Waals surface area contributed by atoms with Crippen LogP contribution in [-0.4, -0.2) is 12.3 Å². The maximum atomic E-state index is 2.30. The van der Waals surface area contributed by atoms with Gasteiger partial charge in [0, 0.05) is 0 Å². The van der Waals surface area contributed by atoms with Gasteiger partial charge >= 0.3 is 26.2 Å². The van der Waals surface area contributed by atoms with Gasteiger partial charge in [-0.05, 0) is 49.4 Å². The Balaban J connectivity index is 0.000000858. The molecular formula is C28H30NiP2. The third kappa shape index (κ3) is 7.40. The Morgan fingerprint density at radius 3 is 0.806 bits per heavy atom. The van der Waals surface area contributed by atoms with Gasteiger partial charge in [-0.3, -0.25) is 0 Å². The van der Waals surface area contributed by atoms with Crippen LogP contribution in [0.25, 0.3) is 0 Å². The Morgan fingerprint density at radius 1 is 0.419 bits per heavy atom. The fourth-order valence-corrected chi connectivity index (χ4v) is 8.80. The standard InChI is InChI=1S/C26H24P2.2CH3.Ni/c1-5-13-23(14-6-1)27(24-15-7-2-8-16-24)21-22-28(25-17-9-3-10-18-25)26-19-11-4-12-20-26;;;/h1-20H,21-22H2;2*1H3;. The summed E-state index contributed by atoms with van der Waals surface area (Å²) in [5.74, 6) is 4.12. The Kier molecular flexibility index (Phi) is 10.5. The number of rotatable bonds is 7. The fraction of sp³-hybridized carbons (Fsp3) is 0.143. The van der Waals surface area contributed by atoms with E-state index in [1.807, 2.05) is 0 Å². The van der Waals surface area contributed by atoms with E-state index < -0.39 is 0 Å². The van der Waals surface area contributed by atoms with Gasteiger partial charge in [0.15, 0.2) is 0 Å². The molecule has 0 radical (unpaired) electrons. The monoisotopic (exact) mass is 486 g/mol. The molecule has 162 valence electrons. The second-order valence-corrected chi connectivity index (χ2v) is 12.6. The first kappa shape index (κ1) is 23.9. The molecule has 0 saturated heterocycles. The van der Waals surface area contributed by atoms with Gasteiger partial charge in [0.05, 0.1) is 0 Å². The third-order valence-corrected chi connectivity index (χ3v) is 10.2. The van der Waals surface area contributed by atoms with E-state index in [0.717, 1.165) is 0 Å². The first-order chi connectivity index (χ1) is 15.3. The molecule has 31 heavy (non-hydrogen) atoms. The van der Waals surface area contributed by atoms with Crippen molar-refractivity contribution in [3.63, 3.8) is 0 Å². The molecule has 3 heteroatoms. The quantitative estimate of drug-likeness (QED) is 0.209. The molecule has 0 heterocycles. The van der Waals surface area contributed by atoms with E-state index in [2.05, 4.69) is 133 Å². The van der Waals surface area contributed by atoms with E-state index in [9.17, 15) is 0 Å². The summed E-state index contributed by atoms with van der Waals surface area (Å²) in [5.41, 5.74) is 0. The minimum atomic E-state index is -0.348. The fourth-order valence-electron chi connectivity index (χ4n) is 3.45. The molecule has 0 saturated carbocycles. The molecular weight excluding hydrogens is 457 g/mol. The first-order valence-electron chi connectivity index (χ1n) is 10.3. The van der Waals surface area contributed by atoms with Crippen LogP contribution in [-0.2, 0) is 14.4 Å². The summed E-state index contributed by atoms with van der Waals surface area (Å²) >= 11 is 1.62. The Labute approximate surface area is 196 Å². The third-order valence-electron chi connectivity index (χ3n) is 4.82. The van der Waals surface area contributed by atoms with Crippen LogP contribution in [0.1, 0.15) is 0 Å². The first-order valence-corrected chi connectivity index (χ1v) is 15.3. The minimum Gasteiger partial charge on any atom is -0.0622 e. The molecule has 0 bridgehead atoms. The number of hydrogen-bond donors (Lipinski definition) is 0. The second-order valence-electron chi connectivity index (χ2n) is 6.96. The maximum Gasteiger partial charge on any atom is -0.0195 e. The van der Waals surface area contributed by atoms with Gasteiger partial charge in [0.2, 0.25) is 0 Å². The van der Waals surface area contributed by atoms with Crippen molar-refractivity contribution in [3.05, 3.63) is 121 Å². The molecule has 0 nitrogen and oxygen atoms in total. The van der Waals surface area contributed by atoms with E-state index >= 15 is 0 Å². The van der Waals surface area contributed by atoms with Crippen LogP contribution in [0.3, 0.4) is 0 Å². The second kappa shape index (κ2) is 13.6. The zero-order chi connectivity index (χ0) is 21.7. The zero-order valence-corrected chi connectivity index (χ0v) is 20.9. The molecule has 0 fully saturated rings. The van der Waals surface area contributed by atoms with E-state index in [4.69, 9.17) is 0 Å². The van der Waals surface area contributed by atoms with Crippen molar-refractivity contribution in [2.75, 3.05) is 12.3 Å². The van der Waals surface area contributed by atoms with Crippen molar-refractivity contribution in [1.82, 2.24) is 0 Å². The minimum absolute atomic E-state index is 0.348. The summed E-state index contributed by atoms with van der Waals surface area (Å²) in [6, 6.07) is 44.2. The van der Waals surface area contributed by atoms with E-state index in [1.165, 1.54) is 33.5 Å². The van der Waals surface area contributed by atoms with Crippen molar-refractivity contribution in [2.24, 2.45) is 0 Å². The van der Waals surface area contributed by atoms with Crippen LogP contribution in [0.2, 0.25) is 11.8 Å². The predicted molar refractivity (Wildman–Crippen MR) is 140 cm³/mol. The summed E-state index contributed by atoms with van der Waals surface area (Å²) in [6.07, 6.45) is 2.41. The van der Waals surface area contributed by atoms with Crippen molar-refractivity contribution in [2.45, 2.75) is 11.8 Å². The summed E-state index contributed by atoms with van der Waals surface area (Å²) < 4.78 is 0. The molecule has 0 aliphatic heterocycles. The zero-order valence-electron chi connectivity index (χ0n) is 18.2. The van der Waals surface area contributed by atoms with Gasteiger partial charge in [-0.2, -0.15) is 0 Å². The number of benzene rings is 4. The van der Waals surface area contributed by atoms with Crippen molar-refractivity contribution in [1.29, 1.82) is 0 Å². The molecule has 0 aromatic heterocycles. The van der Waals surface area contributed by atoms with Gasteiger partial charge in [-0.1, -0.05) is 121 Å². The van der Waals surface area contributed by atoms with E-state index in [-0.39, 0.29) is 15.8 Å². The molecule has 4 rings (SSSR count). The van der Waals surface area contributed by atoms with Gasteiger partial charge in [0.1, 0.15) is 0 Å². The summed E-state index contributed by atoms with van der Waals surface area (Å²) in [6.45, 7) is 0. The van der Waals surface area contributed by atoms with Gasteiger partial charge in [0.25, 0.3) is 0 Å². The SMILES string of the molecule is [CH3][Ni][CH3].c1ccc(P(CCP(c2ccccc2)c2ccccc2)c2ccccc2)cc1. The molecule has 0 unspecified atom stereocenters. The molecule has 4 aromatic rings. The smallest absolute Gasteiger partial charge is 0.0195 e. The van der Waals surface area contributed by atoms with Crippen LogP contribution in [0.15, 0.2) is 121 Å². The van der Waals surface area contributed by atoms with Crippen molar-refractivity contribution < 1.29 is 14.4 Å². The molecule has 0 spiro atoms. The molecule has 0 aliphatic rings. The largest absolute Gasteiger partial charge is 0.0622 e. The van der Waals surface area contributed by atoms with Crippen molar-refractivity contribution >= 4 is 37.1 Å². The predicted octanol–water partition coefficient (Wildman–Crippen LogP) is 6.42. The molecule has 0 amide bonds. The van der Waals surface area contributed by atoms with E-state index in [0.29, 0.717) is 0 Å². The number of hydrogen-bond acceptors (Lipinski definition) is 0. The van der Waals surface area contributed by atoms with Gasteiger partial charge in [-0.15, -0.1) is 0 Å². The van der Waals surface area contributed by atoms with Crippen LogP contribution in [0, 0.1) is 0 Å². The van der Waals surface area contributed by atoms with Crippen LogP contribution < -0.4 is 21.2 Å². The van der Waals surface area contributed by atoms with Crippen molar-refractivity contribution in [3.8, 4) is 0 Å². The average molecular weight is 487 g/mol. The van der Waals surface area contributed by atoms with Crippen LogP contribution >= 0.6 is 15.8 Å². The molecule has 4 aromatic carbocycles. The molecule has 0 aliphatic carbocycles. The Morgan fingerprint density at radius 2 is 0.613 bits per heavy atom. The van der Waals surface area contributed by atoms with Gasteiger partial charge in [-0.25, -0.2) is 0 Å². The maximum absolute atomic E-state index is 2.30. The Hall–Kier alpha value is -1.77. The molecule has 0 atom stereocenters. The van der Waals surface area contributed by atoms with E-state index in [1.54, 1.807) is 14.4 Å². The summed E-state index contributed by atoms with van der Waals surface area (Å²) in [4.78, 5) is 0. The Bertz CT molecular complexity index is 814. The molecule has 0 N–H and O–H groups in total.